The van der Waals surface area contributed by atoms with E-state index in [4.69, 9.17) is 16.3 Å². The Balaban J connectivity index is 1.60. The van der Waals surface area contributed by atoms with Crippen molar-refractivity contribution in [3.8, 4) is 5.75 Å². The predicted octanol–water partition coefficient (Wildman–Crippen LogP) is 4.50. The Morgan fingerprint density at radius 1 is 1.27 bits per heavy atom. The molecule has 0 bridgehead atoms. The number of rotatable bonds is 6. The summed E-state index contributed by atoms with van der Waals surface area (Å²) in [6, 6.07) is 13.4. The average molecular weight is 439 g/mol. The highest BCUT2D eigenvalue weighted by Gasteiger charge is 2.10. The molecule has 3 rings (SSSR count). The van der Waals surface area contributed by atoms with Crippen molar-refractivity contribution in [3.63, 3.8) is 0 Å². The van der Waals surface area contributed by atoms with Crippen LogP contribution in [-0.2, 0) is 11.3 Å². The molecule has 0 radical (unpaired) electrons. The Morgan fingerprint density at radius 3 is 2.85 bits per heavy atom. The lowest BCUT2D eigenvalue weighted by Gasteiger charge is -2.11. The molecule has 5 nitrogen and oxygen atoms in total. The molecule has 1 aromatic heterocycles. The summed E-state index contributed by atoms with van der Waals surface area (Å²) in [6.07, 6.45) is 1.60. The molecule has 0 saturated carbocycles. The lowest BCUT2D eigenvalue weighted by Crippen LogP contribution is -2.22. The van der Waals surface area contributed by atoms with E-state index in [1.54, 1.807) is 16.9 Å². The van der Waals surface area contributed by atoms with Gasteiger partial charge < -0.3 is 10.1 Å². The van der Waals surface area contributed by atoms with Crippen molar-refractivity contribution in [1.29, 1.82) is 0 Å². The van der Waals surface area contributed by atoms with Gasteiger partial charge in [-0.25, -0.2) is 9.07 Å². The van der Waals surface area contributed by atoms with E-state index in [2.05, 4.69) is 26.3 Å². The van der Waals surface area contributed by atoms with Gasteiger partial charge in [-0.3, -0.25) is 4.79 Å². The van der Waals surface area contributed by atoms with Gasteiger partial charge in [-0.15, -0.1) is 0 Å². The zero-order valence-electron chi connectivity index (χ0n) is 13.5. The molecule has 0 fully saturated rings. The maximum Gasteiger partial charge on any atom is 0.263 e. The Labute approximate surface area is 162 Å². The van der Waals surface area contributed by atoms with Crippen LogP contribution in [0.2, 0.25) is 5.02 Å². The van der Waals surface area contributed by atoms with Gasteiger partial charge in [0.2, 0.25) is 0 Å². The number of nitrogens with zero attached hydrogens (tertiary/aromatic N) is 2. The molecular weight excluding hydrogens is 425 g/mol. The first-order chi connectivity index (χ1) is 12.5. The van der Waals surface area contributed by atoms with Crippen LogP contribution in [0, 0.1) is 5.82 Å². The number of halogens is 3. The molecule has 0 atom stereocenters. The highest BCUT2D eigenvalue weighted by atomic mass is 79.9. The second-order valence-electron chi connectivity index (χ2n) is 5.38. The fourth-order valence-electron chi connectivity index (χ4n) is 2.25. The first kappa shape index (κ1) is 18.4. The first-order valence-corrected chi connectivity index (χ1v) is 8.83. The maximum absolute atomic E-state index is 13.1. The molecule has 0 unspecified atom stereocenters. The number of benzene rings is 2. The number of amides is 1. The number of hydrogen-bond donors (Lipinski definition) is 1. The molecule has 3 aromatic rings. The Kier molecular flexibility index (Phi) is 5.90. The van der Waals surface area contributed by atoms with Crippen molar-refractivity contribution >= 4 is 39.3 Å². The highest BCUT2D eigenvalue weighted by Crippen LogP contribution is 2.21. The number of carbonyl (C=O) groups is 1. The molecule has 0 aliphatic carbocycles. The number of anilines is 1. The molecule has 134 valence electrons. The Bertz CT molecular complexity index is 932. The van der Waals surface area contributed by atoms with Crippen LogP contribution >= 0.6 is 27.5 Å². The minimum Gasteiger partial charge on any atom is -0.484 e. The molecule has 8 heteroatoms. The minimum absolute atomic E-state index is 0.0607. The fourth-order valence-corrected chi connectivity index (χ4v) is 2.83. The van der Waals surface area contributed by atoms with Crippen LogP contribution in [0.5, 0.6) is 5.75 Å². The molecule has 0 spiro atoms. The maximum atomic E-state index is 13.1. The van der Waals surface area contributed by atoms with Crippen LogP contribution in [0.1, 0.15) is 5.56 Å². The summed E-state index contributed by atoms with van der Waals surface area (Å²) in [7, 11) is 0. The van der Waals surface area contributed by atoms with E-state index in [1.807, 2.05) is 24.3 Å². The third-order valence-corrected chi connectivity index (χ3v) is 4.59. The first-order valence-electron chi connectivity index (χ1n) is 7.66. The zero-order chi connectivity index (χ0) is 18.5. The number of aromatic nitrogens is 2. The summed E-state index contributed by atoms with van der Waals surface area (Å²) in [5.41, 5.74) is 1.03. The Morgan fingerprint density at radius 2 is 2.08 bits per heavy atom. The van der Waals surface area contributed by atoms with E-state index in [0.29, 0.717) is 18.1 Å². The van der Waals surface area contributed by atoms with Gasteiger partial charge in [0.25, 0.3) is 5.91 Å². The van der Waals surface area contributed by atoms with Crippen molar-refractivity contribution in [2.75, 3.05) is 11.9 Å². The van der Waals surface area contributed by atoms with Crippen LogP contribution in [0.3, 0.4) is 0 Å². The van der Waals surface area contributed by atoms with Gasteiger partial charge in [-0.05, 0) is 23.8 Å². The number of hydrogen-bond acceptors (Lipinski definition) is 3. The summed E-state index contributed by atoms with van der Waals surface area (Å²) >= 11 is 9.18. The van der Waals surface area contributed by atoms with Crippen LogP contribution in [0.25, 0.3) is 0 Å². The molecular formula is C18H14BrClFN3O2. The number of carbonyl (C=O) groups excluding carboxylic acids is 1. The lowest BCUT2D eigenvalue weighted by molar-refractivity contribution is -0.118. The molecule has 0 saturated heterocycles. The Hall–Kier alpha value is -2.38. The molecule has 0 aliphatic rings. The molecule has 1 amide bonds. The van der Waals surface area contributed by atoms with Gasteiger partial charge in [0, 0.05) is 16.6 Å². The van der Waals surface area contributed by atoms with Crippen molar-refractivity contribution in [2.45, 2.75) is 6.54 Å². The number of nitrogens with one attached hydrogen (secondary N) is 1. The van der Waals surface area contributed by atoms with Gasteiger partial charge in [0.05, 0.1) is 17.8 Å². The van der Waals surface area contributed by atoms with E-state index in [-0.39, 0.29) is 17.5 Å². The SMILES string of the molecule is O=C(COc1ccc(F)c(Cl)c1)Nc1ccnn1Cc1ccccc1Br. The quantitative estimate of drug-likeness (QED) is 0.616. The van der Waals surface area contributed by atoms with Crippen LogP contribution in [-0.4, -0.2) is 22.3 Å². The fraction of sp³-hybridized carbons (Fsp3) is 0.111. The highest BCUT2D eigenvalue weighted by molar-refractivity contribution is 9.10. The van der Waals surface area contributed by atoms with Crippen molar-refractivity contribution in [2.24, 2.45) is 0 Å². The van der Waals surface area contributed by atoms with Crippen molar-refractivity contribution in [3.05, 3.63) is 75.6 Å². The average Bonchev–Trinajstić information content (AvgIpc) is 3.05. The van der Waals surface area contributed by atoms with E-state index in [9.17, 15) is 9.18 Å². The smallest absolute Gasteiger partial charge is 0.263 e. The van der Waals surface area contributed by atoms with Crippen LogP contribution < -0.4 is 10.1 Å². The summed E-state index contributed by atoms with van der Waals surface area (Å²) < 4.78 is 21.1. The third-order valence-electron chi connectivity index (χ3n) is 3.52. The summed E-state index contributed by atoms with van der Waals surface area (Å²) in [6.45, 7) is 0.265. The lowest BCUT2D eigenvalue weighted by atomic mass is 10.2. The topological polar surface area (TPSA) is 56.1 Å². The van der Waals surface area contributed by atoms with Gasteiger partial charge in [-0.2, -0.15) is 5.10 Å². The summed E-state index contributed by atoms with van der Waals surface area (Å²) in [4.78, 5) is 12.1. The largest absolute Gasteiger partial charge is 0.484 e. The third kappa shape index (κ3) is 4.62. The van der Waals surface area contributed by atoms with E-state index >= 15 is 0 Å². The summed E-state index contributed by atoms with van der Waals surface area (Å²) in [5, 5.41) is 6.91. The number of ether oxygens (including phenoxy) is 1. The van der Waals surface area contributed by atoms with Crippen LogP contribution in [0.15, 0.2) is 59.2 Å². The van der Waals surface area contributed by atoms with Gasteiger partial charge in [0.15, 0.2) is 6.61 Å². The van der Waals surface area contributed by atoms with E-state index < -0.39 is 5.82 Å². The minimum atomic E-state index is -0.542. The molecule has 1 heterocycles. The second-order valence-corrected chi connectivity index (χ2v) is 6.64. The normalized spacial score (nSPS) is 10.6. The van der Waals surface area contributed by atoms with Gasteiger partial charge in [-0.1, -0.05) is 45.7 Å². The van der Waals surface area contributed by atoms with Gasteiger partial charge >= 0.3 is 0 Å². The predicted molar refractivity (Wildman–Crippen MR) is 101 cm³/mol. The van der Waals surface area contributed by atoms with Gasteiger partial charge in [0.1, 0.15) is 17.4 Å². The second kappa shape index (κ2) is 8.33. The molecule has 26 heavy (non-hydrogen) atoms. The molecule has 1 N–H and O–H groups in total. The monoisotopic (exact) mass is 437 g/mol. The molecule has 0 aliphatic heterocycles. The summed E-state index contributed by atoms with van der Waals surface area (Å²) in [5.74, 6) is -0.0430. The standard InChI is InChI=1S/C18H14BrClFN3O2/c19-14-4-2-1-3-12(14)10-24-17(7-8-22-24)23-18(25)11-26-13-5-6-16(21)15(20)9-13/h1-9H,10-11H2,(H,23,25). The molecule has 2 aromatic carbocycles. The zero-order valence-corrected chi connectivity index (χ0v) is 15.8. The van der Waals surface area contributed by atoms with E-state index in [1.165, 1.54) is 18.2 Å². The van der Waals surface area contributed by atoms with Crippen LogP contribution in [0.4, 0.5) is 10.2 Å². The van der Waals surface area contributed by atoms with Crippen molar-refractivity contribution in [1.82, 2.24) is 9.78 Å². The van der Waals surface area contributed by atoms with Crippen molar-refractivity contribution < 1.29 is 13.9 Å². The van der Waals surface area contributed by atoms with E-state index in [0.717, 1.165) is 10.0 Å².